The molecule has 0 N–H and O–H groups in total. The second-order valence-corrected chi connectivity index (χ2v) is 5.36. The minimum absolute atomic E-state index is 0.0320. The Morgan fingerprint density at radius 1 is 1.17 bits per heavy atom. The van der Waals surface area contributed by atoms with Gasteiger partial charge in [-0.1, -0.05) is 12.1 Å². The first-order valence-corrected chi connectivity index (χ1v) is 7.48. The van der Waals surface area contributed by atoms with E-state index in [1.54, 1.807) is 19.1 Å². The predicted octanol–water partition coefficient (Wildman–Crippen LogP) is 3.56. The Morgan fingerprint density at radius 2 is 1.74 bits per heavy atom. The first-order valence-electron chi connectivity index (χ1n) is 7.48. The van der Waals surface area contributed by atoms with Crippen molar-refractivity contribution in [3.63, 3.8) is 0 Å². The molecule has 0 bridgehead atoms. The van der Waals surface area contributed by atoms with Crippen LogP contribution in [0.15, 0.2) is 36.4 Å². The highest BCUT2D eigenvalue weighted by Gasteiger charge is 2.22. The lowest BCUT2D eigenvalue weighted by molar-refractivity contribution is -0.384. The Kier molecular flexibility index (Phi) is 5.16. The quantitative estimate of drug-likeness (QED) is 0.464. The van der Waals surface area contributed by atoms with Crippen LogP contribution in [0.5, 0.6) is 0 Å². The molecular formula is C17H20N2O4. The summed E-state index contributed by atoms with van der Waals surface area (Å²) in [7, 11) is 0. The Hall–Kier alpha value is -2.63. The lowest BCUT2D eigenvalue weighted by atomic mass is 10.0. The second-order valence-electron chi connectivity index (χ2n) is 5.36. The van der Waals surface area contributed by atoms with Crippen LogP contribution in [0.3, 0.4) is 0 Å². The van der Waals surface area contributed by atoms with Gasteiger partial charge in [-0.2, -0.15) is 0 Å². The molecule has 1 aromatic heterocycles. The van der Waals surface area contributed by atoms with Crippen LogP contribution in [-0.4, -0.2) is 22.1 Å². The van der Waals surface area contributed by atoms with Gasteiger partial charge in [-0.3, -0.25) is 14.9 Å². The molecule has 2 aromatic rings. The number of non-ortho nitro benzene ring substituents is 1. The molecule has 0 radical (unpaired) electrons. The minimum atomic E-state index is -0.434. The summed E-state index contributed by atoms with van der Waals surface area (Å²) in [6.45, 7) is 6.04. The average Bonchev–Trinajstić information content (AvgIpc) is 2.84. The van der Waals surface area contributed by atoms with E-state index in [0.717, 1.165) is 17.0 Å². The van der Waals surface area contributed by atoms with E-state index in [1.807, 2.05) is 26.0 Å². The number of ether oxygens (including phenoxy) is 1. The second kappa shape index (κ2) is 7.09. The molecule has 122 valence electrons. The van der Waals surface area contributed by atoms with Gasteiger partial charge in [0.25, 0.3) is 5.69 Å². The monoisotopic (exact) mass is 316 g/mol. The number of carbonyl (C=O) groups excluding carboxylic acids is 1. The number of aromatic nitrogens is 1. The Bertz CT molecular complexity index is 684. The molecule has 23 heavy (non-hydrogen) atoms. The minimum Gasteiger partial charge on any atom is -0.466 e. The summed E-state index contributed by atoms with van der Waals surface area (Å²) >= 11 is 0. The van der Waals surface area contributed by atoms with Crippen molar-refractivity contribution in [1.29, 1.82) is 0 Å². The number of esters is 1. The number of nitrogens with zero attached hydrogens (tertiary/aromatic N) is 2. The maximum absolute atomic E-state index is 12.0. The number of benzene rings is 1. The number of nitro benzene ring substituents is 1. The molecule has 0 aliphatic heterocycles. The van der Waals surface area contributed by atoms with Crippen LogP contribution in [0.25, 0.3) is 0 Å². The summed E-state index contributed by atoms with van der Waals surface area (Å²) in [5.74, 6) is -0.289. The standard InChI is InChI=1S/C17H20N2O4/c1-4-23-17(20)11-16(18-12(2)5-6-13(18)3)14-7-9-15(10-8-14)19(21)22/h5-10,16H,4,11H2,1-3H3/t16-/m1/s1. The molecule has 0 aliphatic carbocycles. The fraction of sp³-hybridized carbons (Fsp3) is 0.353. The fourth-order valence-electron chi connectivity index (χ4n) is 2.73. The van der Waals surface area contributed by atoms with Gasteiger partial charge in [-0.15, -0.1) is 0 Å². The molecular weight excluding hydrogens is 296 g/mol. The molecule has 2 rings (SSSR count). The van der Waals surface area contributed by atoms with E-state index < -0.39 is 4.92 Å². The number of hydrogen-bond acceptors (Lipinski definition) is 4. The van der Waals surface area contributed by atoms with Gasteiger partial charge in [0.2, 0.25) is 0 Å². The van der Waals surface area contributed by atoms with E-state index in [0.29, 0.717) is 6.61 Å². The molecule has 1 atom stereocenters. The number of aryl methyl sites for hydroxylation is 2. The first-order chi connectivity index (χ1) is 10.9. The zero-order valence-electron chi connectivity index (χ0n) is 13.5. The van der Waals surface area contributed by atoms with Crippen LogP contribution in [-0.2, 0) is 9.53 Å². The Morgan fingerprint density at radius 3 is 2.22 bits per heavy atom. The molecule has 0 saturated heterocycles. The fourth-order valence-corrected chi connectivity index (χ4v) is 2.73. The van der Waals surface area contributed by atoms with Crippen molar-refractivity contribution in [3.05, 3.63) is 63.5 Å². The Balaban J connectivity index is 2.40. The molecule has 0 aliphatic rings. The van der Waals surface area contributed by atoms with E-state index >= 15 is 0 Å². The van der Waals surface area contributed by atoms with Gasteiger partial charge >= 0.3 is 5.97 Å². The van der Waals surface area contributed by atoms with E-state index in [1.165, 1.54) is 12.1 Å². The van der Waals surface area contributed by atoms with Crippen molar-refractivity contribution in [3.8, 4) is 0 Å². The number of nitro groups is 1. The molecule has 6 nitrogen and oxygen atoms in total. The third-order valence-corrected chi connectivity index (χ3v) is 3.79. The van der Waals surface area contributed by atoms with E-state index in [4.69, 9.17) is 4.74 Å². The zero-order valence-corrected chi connectivity index (χ0v) is 13.5. The number of hydrogen-bond donors (Lipinski definition) is 0. The third-order valence-electron chi connectivity index (χ3n) is 3.79. The summed E-state index contributed by atoms with van der Waals surface area (Å²) < 4.78 is 7.13. The molecule has 1 aromatic carbocycles. The topological polar surface area (TPSA) is 74.4 Å². The van der Waals surface area contributed by atoms with Gasteiger partial charge in [0, 0.05) is 23.5 Å². The number of rotatable bonds is 6. The first kappa shape index (κ1) is 16.7. The highest BCUT2D eigenvalue weighted by atomic mass is 16.6. The zero-order chi connectivity index (χ0) is 17.0. The maximum atomic E-state index is 12.0. The van der Waals surface area contributed by atoms with E-state index in [9.17, 15) is 14.9 Å². The molecule has 1 heterocycles. The van der Waals surface area contributed by atoms with Crippen LogP contribution in [0, 0.1) is 24.0 Å². The highest BCUT2D eigenvalue weighted by Crippen LogP contribution is 2.28. The van der Waals surface area contributed by atoms with Crippen LogP contribution >= 0.6 is 0 Å². The SMILES string of the molecule is CCOC(=O)C[C@H](c1ccc([N+](=O)[O-])cc1)n1c(C)ccc1C. The average molecular weight is 316 g/mol. The van der Waals surface area contributed by atoms with Gasteiger partial charge in [-0.05, 0) is 38.5 Å². The largest absolute Gasteiger partial charge is 0.466 e. The molecule has 0 fully saturated rings. The van der Waals surface area contributed by atoms with Crippen LogP contribution < -0.4 is 0 Å². The van der Waals surface area contributed by atoms with Crippen molar-refractivity contribution < 1.29 is 14.5 Å². The van der Waals surface area contributed by atoms with Crippen LogP contribution in [0.4, 0.5) is 5.69 Å². The predicted molar refractivity (Wildman–Crippen MR) is 86.4 cm³/mol. The third kappa shape index (κ3) is 3.77. The van der Waals surface area contributed by atoms with Crippen molar-refractivity contribution in [2.45, 2.75) is 33.2 Å². The lowest BCUT2D eigenvalue weighted by Gasteiger charge is -2.22. The summed E-state index contributed by atoms with van der Waals surface area (Å²) in [6.07, 6.45) is 0.183. The molecule has 0 saturated carbocycles. The summed E-state index contributed by atoms with van der Waals surface area (Å²) in [5, 5.41) is 10.8. The summed E-state index contributed by atoms with van der Waals surface area (Å²) in [5.41, 5.74) is 2.92. The Labute approximate surface area is 134 Å². The normalized spacial score (nSPS) is 12.0. The molecule has 6 heteroatoms. The smallest absolute Gasteiger partial charge is 0.308 e. The summed E-state index contributed by atoms with van der Waals surface area (Å²) in [4.78, 5) is 22.3. The van der Waals surface area contributed by atoms with Crippen LogP contribution in [0.1, 0.15) is 36.3 Å². The summed E-state index contributed by atoms with van der Waals surface area (Å²) in [6, 6.07) is 10.0. The van der Waals surface area contributed by atoms with Crippen molar-refractivity contribution in [2.24, 2.45) is 0 Å². The van der Waals surface area contributed by atoms with Crippen LogP contribution in [0.2, 0.25) is 0 Å². The van der Waals surface area contributed by atoms with Gasteiger partial charge in [0.1, 0.15) is 0 Å². The van der Waals surface area contributed by atoms with Gasteiger partial charge in [-0.25, -0.2) is 0 Å². The van der Waals surface area contributed by atoms with Gasteiger partial charge in [0.05, 0.1) is 24.0 Å². The highest BCUT2D eigenvalue weighted by molar-refractivity contribution is 5.70. The van der Waals surface area contributed by atoms with E-state index in [2.05, 4.69) is 4.57 Å². The van der Waals surface area contributed by atoms with Gasteiger partial charge < -0.3 is 9.30 Å². The van der Waals surface area contributed by atoms with Crippen molar-refractivity contribution >= 4 is 11.7 Å². The maximum Gasteiger partial charge on any atom is 0.308 e. The van der Waals surface area contributed by atoms with Crippen molar-refractivity contribution in [1.82, 2.24) is 4.57 Å². The van der Waals surface area contributed by atoms with E-state index in [-0.39, 0.29) is 24.1 Å². The van der Waals surface area contributed by atoms with Gasteiger partial charge in [0.15, 0.2) is 0 Å². The number of carbonyl (C=O) groups is 1. The lowest BCUT2D eigenvalue weighted by Crippen LogP contribution is -2.19. The molecule has 0 unspecified atom stereocenters. The molecule has 0 amide bonds. The van der Waals surface area contributed by atoms with Crippen molar-refractivity contribution in [2.75, 3.05) is 6.61 Å². The molecule has 0 spiro atoms.